The summed E-state index contributed by atoms with van der Waals surface area (Å²) in [5, 5.41) is 2.96. The third-order valence-electron chi connectivity index (χ3n) is 3.22. The van der Waals surface area contributed by atoms with Crippen molar-refractivity contribution in [2.24, 2.45) is 0 Å². The molecule has 0 spiro atoms. The Morgan fingerprint density at radius 2 is 1.70 bits per heavy atom. The van der Waals surface area contributed by atoms with Crippen LogP contribution in [0.25, 0.3) is 0 Å². The highest BCUT2D eigenvalue weighted by Gasteiger charge is 2.14. The summed E-state index contributed by atoms with van der Waals surface area (Å²) >= 11 is 0. The van der Waals surface area contributed by atoms with E-state index in [1.165, 1.54) is 5.56 Å². The Balaban J connectivity index is 2.05. The van der Waals surface area contributed by atoms with Gasteiger partial charge in [0.2, 0.25) is 5.91 Å². The lowest BCUT2D eigenvalue weighted by atomic mass is 9.87. The van der Waals surface area contributed by atoms with E-state index in [-0.39, 0.29) is 11.3 Å². The molecule has 2 aromatic carbocycles. The molecule has 0 heterocycles. The monoisotopic (exact) mass is 267 g/mol. The third-order valence-corrected chi connectivity index (χ3v) is 3.22. The van der Waals surface area contributed by atoms with Gasteiger partial charge < -0.3 is 5.32 Å². The first-order valence-electron chi connectivity index (χ1n) is 6.89. The van der Waals surface area contributed by atoms with E-state index < -0.39 is 0 Å². The van der Waals surface area contributed by atoms with E-state index in [1.807, 2.05) is 48.5 Å². The molecular formula is C18H21NO. The molecule has 0 saturated carbocycles. The predicted octanol–water partition coefficient (Wildman–Crippen LogP) is 4.17. The van der Waals surface area contributed by atoms with Gasteiger partial charge in [-0.15, -0.1) is 0 Å². The molecule has 0 saturated heterocycles. The number of hydrogen-bond donors (Lipinski definition) is 1. The second-order valence-corrected chi connectivity index (χ2v) is 6.04. The maximum atomic E-state index is 12.0. The van der Waals surface area contributed by atoms with Crippen LogP contribution in [0, 0.1) is 0 Å². The van der Waals surface area contributed by atoms with E-state index in [4.69, 9.17) is 0 Å². The average molecular weight is 267 g/mol. The maximum Gasteiger partial charge on any atom is 0.228 e. The van der Waals surface area contributed by atoms with Crippen molar-refractivity contribution in [2.75, 3.05) is 5.32 Å². The Morgan fingerprint density at radius 3 is 2.35 bits per heavy atom. The lowest BCUT2D eigenvalue weighted by Crippen LogP contribution is -2.16. The maximum absolute atomic E-state index is 12.0. The van der Waals surface area contributed by atoms with Crippen LogP contribution in [0.15, 0.2) is 54.6 Å². The minimum Gasteiger partial charge on any atom is -0.326 e. The number of rotatable bonds is 3. The minimum absolute atomic E-state index is 0.0160. The molecule has 0 radical (unpaired) electrons. The van der Waals surface area contributed by atoms with E-state index in [9.17, 15) is 4.79 Å². The van der Waals surface area contributed by atoms with Crippen LogP contribution in [0.1, 0.15) is 31.9 Å². The van der Waals surface area contributed by atoms with Gasteiger partial charge in [-0.05, 0) is 28.7 Å². The highest BCUT2D eigenvalue weighted by molar-refractivity contribution is 5.92. The number of carbonyl (C=O) groups excluding carboxylic acids is 1. The first kappa shape index (κ1) is 14.3. The largest absolute Gasteiger partial charge is 0.326 e. The van der Waals surface area contributed by atoms with Crippen LogP contribution in [0.4, 0.5) is 5.69 Å². The van der Waals surface area contributed by atoms with Crippen molar-refractivity contribution in [3.63, 3.8) is 0 Å². The van der Waals surface area contributed by atoms with E-state index in [1.54, 1.807) is 0 Å². The molecular weight excluding hydrogens is 246 g/mol. The SMILES string of the molecule is CC(C)(C)c1cccc(NC(=O)Cc2ccccc2)c1. The summed E-state index contributed by atoms with van der Waals surface area (Å²) in [6, 6.07) is 17.8. The summed E-state index contributed by atoms with van der Waals surface area (Å²) < 4.78 is 0. The van der Waals surface area contributed by atoms with Crippen molar-refractivity contribution in [2.45, 2.75) is 32.6 Å². The van der Waals surface area contributed by atoms with Crippen LogP contribution < -0.4 is 5.32 Å². The number of benzene rings is 2. The van der Waals surface area contributed by atoms with Gasteiger partial charge in [0.05, 0.1) is 6.42 Å². The Hall–Kier alpha value is -2.09. The Bertz CT molecular complexity index is 582. The topological polar surface area (TPSA) is 29.1 Å². The molecule has 0 aliphatic carbocycles. The molecule has 0 aliphatic heterocycles. The fraction of sp³-hybridized carbons (Fsp3) is 0.278. The molecule has 2 heteroatoms. The van der Waals surface area contributed by atoms with Gasteiger partial charge >= 0.3 is 0 Å². The van der Waals surface area contributed by atoms with Gasteiger partial charge in [-0.1, -0.05) is 63.2 Å². The Morgan fingerprint density at radius 1 is 1.00 bits per heavy atom. The fourth-order valence-electron chi connectivity index (χ4n) is 2.05. The van der Waals surface area contributed by atoms with Crippen LogP contribution in [0.3, 0.4) is 0 Å². The van der Waals surface area contributed by atoms with Gasteiger partial charge in [0, 0.05) is 5.69 Å². The van der Waals surface area contributed by atoms with Gasteiger partial charge in [-0.2, -0.15) is 0 Å². The van der Waals surface area contributed by atoms with Crippen molar-refractivity contribution >= 4 is 11.6 Å². The molecule has 0 fully saturated rings. The molecule has 0 bridgehead atoms. The van der Waals surface area contributed by atoms with Crippen LogP contribution in [-0.2, 0) is 16.6 Å². The molecule has 2 aromatic rings. The van der Waals surface area contributed by atoms with Crippen LogP contribution >= 0.6 is 0 Å². The number of anilines is 1. The number of nitrogens with one attached hydrogen (secondary N) is 1. The van der Waals surface area contributed by atoms with Crippen molar-refractivity contribution in [3.05, 3.63) is 65.7 Å². The van der Waals surface area contributed by atoms with Gasteiger partial charge in [-0.25, -0.2) is 0 Å². The molecule has 0 aliphatic rings. The number of amides is 1. The Labute approximate surface area is 120 Å². The smallest absolute Gasteiger partial charge is 0.228 e. The van der Waals surface area contributed by atoms with Crippen LogP contribution in [-0.4, -0.2) is 5.91 Å². The van der Waals surface area contributed by atoms with Gasteiger partial charge in [0.1, 0.15) is 0 Å². The normalized spacial score (nSPS) is 11.2. The molecule has 104 valence electrons. The van der Waals surface area contributed by atoms with Crippen molar-refractivity contribution < 1.29 is 4.79 Å². The summed E-state index contributed by atoms with van der Waals surface area (Å²) in [7, 11) is 0. The lowest BCUT2D eigenvalue weighted by Gasteiger charge is -2.19. The predicted molar refractivity (Wildman–Crippen MR) is 83.9 cm³/mol. The van der Waals surface area contributed by atoms with Crippen LogP contribution in [0.2, 0.25) is 0 Å². The zero-order valence-electron chi connectivity index (χ0n) is 12.3. The van der Waals surface area contributed by atoms with Crippen molar-refractivity contribution in [1.29, 1.82) is 0 Å². The first-order chi connectivity index (χ1) is 9.45. The molecule has 2 rings (SSSR count). The average Bonchev–Trinajstić information content (AvgIpc) is 2.39. The van der Waals surface area contributed by atoms with E-state index >= 15 is 0 Å². The van der Waals surface area contributed by atoms with E-state index in [2.05, 4.69) is 32.2 Å². The molecule has 0 atom stereocenters. The van der Waals surface area contributed by atoms with Crippen LogP contribution in [0.5, 0.6) is 0 Å². The molecule has 0 aromatic heterocycles. The summed E-state index contributed by atoms with van der Waals surface area (Å²) in [4.78, 5) is 12.0. The second-order valence-electron chi connectivity index (χ2n) is 6.04. The van der Waals surface area contributed by atoms with Gasteiger partial charge in [0.15, 0.2) is 0 Å². The van der Waals surface area contributed by atoms with E-state index in [0.29, 0.717) is 6.42 Å². The first-order valence-corrected chi connectivity index (χ1v) is 6.89. The molecule has 0 unspecified atom stereocenters. The number of hydrogen-bond acceptors (Lipinski definition) is 1. The highest BCUT2D eigenvalue weighted by atomic mass is 16.1. The molecule has 1 N–H and O–H groups in total. The third kappa shape index (κ3) is 3.95. The quantitative estimate of drug-likeness (QED) is 0.888. The Kier molecular flexibility index (Phi) is 4.23. The van der Waals surface area contributed by atoms with Gasteiger partial charge in [-0.3, -0.25) is 4.79 Å². The summed E-state index contributed by atoms with van der Waals surface area (Å²) in [5.74, 6) is 0.0160. The zero-order valence-corrected chi connectivity index (χ0v) is 12.3. The fourth-order valence-corrected chi connectivity index (χ4v) is 2.05. The van der Waals surface area contributed by atoms with Gasteiger partial charge in [0.25, 0.3) is 0 Å². The minimum atomic E-state index is 0.0160. The van der Waals surface area contributed by atoms with Crippen molar-refractivity contribution in [1.82, 2.24) is 0 Å². The summed E-state index contributed by atoms with van der Waals surface area (Å²) in [6.45, 7) is 6.49. The molecule has 20 heavy (non-hydrogen) atoms. The molecule has 2 nitrogen and oxygen atoms in total. The second kappa shape index (κ2) is 5.91. The van der Waals surface area contributed by atoms with Crippen molar-refractivity contribution in [3.8, 4) is 0 Å². The standard InChI is InChI=1S/C18H21NO/c1-18(2,3)15-10-7-11-16(13-15)19-17(20)12-14-8-5-4-6-9-14/h4-11,13H,12H2,1-3H3,(H,19,20). The number of carbonyl (C=O) groups is 1. The lowest BCUT2D eigenvalue weighted by molar-refractivity contribution is -0.115. The summed E-state index contributed by atoms with van der Waals surface area (Å²) in [6.07, 6.45) is 0.403. The summed E-state index contributed by atoms with van der Waals surface area (Å²) in [5.41, 5.74) is 3.19. The zero-order chi connectivity index (χ0) is 14.6. The van der Waals surface area contributed by atoms with E-state index in [0.717, 1.165) is 11.3 Å². The molecule has 1 amide bonds. The highest BCUT2D eigenvalue weighted by Crippen LogP contribution is 2.24.